The van der Waals surface area contributed by atoms with E-state index in [2.05, 4.69) is 14.7 Å². The Morgan fingerprint density at radius 1 is 1.35 bits per heavy atom. The van der Waals surface area contributed by atoms with E-state index < -0.39 is 6.61 Å². The third-order valence-electron chi connectivity index (χ3n) is 2.08. The Hall–Kier alpha value is -2.24. The predicted molar refractivity (Wildman–Crippen MR) is 56.0 cm³/mol. The number of benzene rings is 1. The van der Waals surface area contributed by atoms with Gasteiger partial charge in [-0.1, -0.05) is 12.1 Å². The van der Waals surface area contributed by atoms with Gasteiger partial charge < -0.3 is 9.72 Å². The average Bonchev–Trinajstić information content (AvgIpc) is 2.77. The lowest BCUT2D eigenvalue weighted by atomic mass is 10.2. The van der Waals surface area contributed by atoms with Gasteiger partial charge in [0.1, 0.15) is 11.6 Å². The summed E-state index contributed by atoms with van der Waals surface area (Å²) in [5.41, 5.74) is 0.646. The second-order valence-electron chi connectivity index (χ2n) is 3.18. The molecule has 1 N–H and O–H groups in total. The van der Waals surface area contributed by atoms with E-state index in [-0.39, 0.29) is 11.4 Å². The van der Waals surface area contributed by atoms with Crippen molar-refractivity contribution in [1.29, 1.82) is 0 Å². The van der Waals surface area contributed by atoms with Crippen molar-refractivity contribution in [1.82, 2.24) is 9.97 Å². The molecule has 0 aliphatic carbocycles. The van der Waals surface area contributed by atoms with E-state index in [4.69, 9.17) is 0 Å². The molecule has 88 valence electrons. The van der Waals surface area contributed by atoms with E-state index in [0.29, 0.717) is 17.7 Å². The third kappa shape index (κ3) is 2.47. The molecule has 0 aliphatic heterocycles. The zero-order chi connectivity index (χ0) is 12.3. The molecule has 0 spiro atoms. The number of halogens is 2. The lowest BCUT2D eigenvalue weighted by Gasteiger charge is -2.08. The van der Waals surface area contributed by atoms with Crippen LogP contribution in [-0.4, -0.2) is 22.9 Å². The first-order valence-corrected chi connectivity index (χ1v) is 4.75. The molecule has 4 nitrogen and oxygen atoms in total. The summed E-state index contributed by atoms with van der Waals surface area (Å²) in [6, 6.07) is 6.22. The molecule has 0 radical (unpaired) electrons. The standard InChI is InChI=1S/C11H8F2N2O2/c12-11(13)17-9-4-2-1-3-8(9)10-14-5-7(6-16)15-10/h1-6,11H,(H,14,15). The molecular weight excluding hydrogens is 230 g/mol. The highest BCUT2D eigenvalue weighted by Gasteiger charge is 2.12. The molecule has 0 saturated carbocycles. The van der Waals surface area contributed by atoms with Gasteiger partial charge in [0.2, 0.25) is 0 Å². The van der Waals surface area contributed by atoms with Gasteiger partial charge in [0.15, 0.2) is 6.29 Å². The second-order valence-corrected chi connectivity index (χ2v) is 3.18. The van der Waals surface area contributed by atoms with Crippen LogP contribution in [0.3, 0.4) is 0 Å². The van der Waals surface area contributed by atoms with E-state index in [1.807, 2.05) is 0 Å². The lowest BCUT2D eigenvalue weighted by Crippen LogP contribution is -2.03. The van der Waals surface area contributed by atoms with Crippen LogP contribution in [0.2, 0.25) is 0 Å². The number of ether oxygens (including phenoxy) is 1. The molecule has 2 aromatic rings. The topological polar surface area (TPSA) is 55.0 Å². The first-order chi connectivity index (χ1) is 8.20. The fourth-order valence-corrected chi connectivity index (χ4v) is 1.39. The molecule has 0 fully saturated rings. The van der Waals surface area contributed by atoms with Crippen LogP contribution in [0.15, 0.2) is 30.5 Å². The summed E-state index contributed by atoms with van der Waals surface area (Å²) in [6.45, 7) is -2.91. The summed E-state index contributed by atoms with van der Waals surface area (Å²) in [5, 5.41) is 0. The highest BCUT2D eigenvalue weighted by Crippen LogP contribution is 2.28. The van der Waals surface area contributed by atoms with E-state index in [0.717, 1.165) is 0 Å². The number of H-pyrrole nitrogens is 1. The van der Waals surface area contributed by atoms with Crippen LogP contribution in [0.25, 0.3) is 11.4 Å². The van der Waals surface area contributed by atoms with Gasteiger partial charge in [-0.3, -0.25) is 4.79 Å². The van der Waals surface area contributed by atoms with Gasteiger partial charge in [0, 0.05) is 0 Å². The lowest BCUT2D eigenvalue weighted by molar-refractivity contribution is -0.0494. The van der Waals surface area contributed by atoms with Gasteiger partial charge in [-0.25, -0.2) is 4.98 Å². The summed E-state index contributed by atoms with van der Waals surface area (Å²) in [7, 11) is 0. The SMILES string of the molecule is O=Cc1cnc(-c2ccccc2OC(F)F)[nH]1. The Labute approximate surface area is 95.3 Å². The molecule has 1 heterocycles. The molecule has 17 heavy (non-hydrogen) atoms. The maximum atomic E-state index is 12.2. The summed E-state index contributed by atoms with van der Waals surface area (Å²) < 4.78 is 28.7. The predicted octanol–water partition coefficient (Wildman–Crippen LogP) is 2.49. The highest BCUT2D eigenvalue weighted by molar-refractivity contribution is 5.74. The van der Waals surface area contributed by atoms with Gasteiger partial charge in [-0.05, 0) is 12.1 Å². The van der Waals surface area contributed by atoms with Crippen LogP contribution in [-0.2, 0) is 0 Å². The van der Waals surface area contributed by atoms with Gasteiger partial charge in [-0.15, -0.1) is 0 Å². The molecule has 0 unspecified atom stereocenters. The van der Waals surface area contributed by atoms with E-state index in [9.17, 15) is 13.6 Å². The van der Waals surface area contributed by atoms with Crippen LogP contribution in [0, 0.1) is 0 Å². The molecule has 6 heteroatoms. The number of aromatic amines is 1. The Bertz CT molecular complexity index is 526. The number of aldehydes is 1. The van der Waals surface area contributed by atoms with Crippen molar-refractivity contribution in [3.8, 4) is 17.1 Å². The summed E-state index contributed by atoms with van der Waals surface area (Å²) in [4.78, 5) is 17.1. The molecule has 0 bridgehead atoms. The van der Waals surface area contributed by atoms with Gasteiger partial charge >= 0.3 is 6.61 Å². The number of para-hydroxylation sites is 1. The maximum Gasteiger partial charge on any atom is 0.387 e. The molecular formula is C11H8F2N2O2. The number of hydrogen-bond acceptors (Lipinski definition) is 3. The van der Waals surface area contributed by atoms with Crippen LogP contribution in [0.4, 0.5) is 8.78 Å². The summed E-state index contributed by atoms with van der Waals surface area (Å²) >= 11 is 0. The number of alkyl halides is 2. The number of aromatic nitrogens is 2. The van der Waals surface area contributed by atoms with Crippen LogP contribution < -0.4 is 4.74 Å². The molecule has 1 aromatic carbocycles. The van der Waals surface area contributed by atoms with Gasteiger partial charge in [-0.2, -0.15) is 8.78 Å². The number of hydrogen-bond donors (Lipinski definition) is 1. The first-order valence-electron chi connectivity index (χ1n) is 4.75. The van der Waals surface area contributed by atoms with Crippen molar-refractivity contribution in [2.45, 2.75) is 6.61 Å². The van der Waals surface area contributed by atoms with Crippen molar-refractivity contribution < 1.29 is 18.3 Å². The van der Waals surface area contributed by atoms with Crippen molar-refractivity contribution in [2.24, 2.45) is 0 Å². The largest absolute Gasteiger partial charge is 0.434 e. The Kier molecular flexibility index (Phi) is 3.13. The molecule has 2 rings (SSSR count). The van der Waals surface area contributed by atoms with Gasteiger partial charge in [0.05, 0.1) is 17.5 Å². The molecule has 0 amide bonds. The van der Waals surface area contributed by atoms with Crippen LogP contribution in [0.5, 0.6) is 5.75 Å². The first kappa shape index (κ1) is 11.3. The second kappa shape index (κ2) is 4.73. The molecule has 0 saturated heterocycles. The Balaban J connectivity index is 2.40. The maximum absolute atomic E-state index is 12.2. The zero-order valence-electron chi connectivity index (χ0n) is 8.56. The number of rotatable bonds is 4. The fraction of sp³-hybridized carbons (Fsp3) is 0.0909. The monoisotopic (exact) mass is 238 g/mol. The number of nitrogens with zero attached hydrogens (tertiary/aromatic N) is 1. The zero-order valence-corrected chi connectivity index (χ0v) is 8.56. The quantitative estimate of drug-likeness (QED) is 0.832. The minimum Gasteiger partial charge on any atom is -0.434 e. The summed E-state index contributed by atoms with van der Waals surface area (Å²) in [5.74, 6) is 0.317. The number of carbonyl (C=O) groups excluding carboxylic acids is 1. The number of nitrogens with one attached hydrogen (secondary N) is 1. The van der Waals surface area contributed by atoms with Crippen molar-refractivity contribution in [3.05, 3.63) is 36.2 Å². The van der Waals surface area contributed by atoms with Crippen molar-refractivity contribution in [3.63, 3.8) is 0 Å². The van der Waals surface area contributed by atoms with Crippen LogP contribution >= 0.6 is 0 Å². The van der Waals surface area contributed by atoms with Crippen molar-refractivity contribution in [2.75, 3.05) is 0 Å². The molecule has 0 aliphatic rings. The van der Waals surface area contributed by atoms with E-state index in [1.54, 1.807) is 18.2 Å². The van der Waals surface area contributed by atoms with Gasteiger partial charge in [0.25, 0.3) is 0 Å². The van der Waals surface area contributed by atoms with Crippen molar-refractivity contribution >= 4 is 6.29 Å². The highest BCUT2D eigenvalue weighted by atomic mass is 19.3. The summed E-state index contributed by atoms with van der Waals surface area (Å²) in [6.07, 6.45) is 1.91. The molecule has 0 atom stereocenters. The molecule has 1 aromatic heterocycles. The fourth-order valence-electron chi connectivity index (χ4n) is 1.39. The van der Waals surface area contributed by atoms with Crippen LogP contribution in [0.1, 0.15) is 10.5 Å². The third-order valence-corrected chi connectivity index (χ3v) is 2.08. The Morgan fingerprint density at radius 3 is 2.76 bits per heavy atom. The smallest absolute Gasteiger partial charge is 0.387 e. The van der Waals surface area contributed by atoms with E-state index in [1.165, 1.54) is 12.3 Å². The minimum atomic E-state index is -2.91. The Morgan fingerprint density at radius 2 is 2.12 bits per heavy atom. The average molecular weight is 238 g/mol. The normalized spacial score (nSPS) is 10.5. The minimum absolute atomic E-state index is 0.00861. The number of carbonyl (C=O) groups is 1. The number of imidazole rings is 1. The van der Waals surface area contributed by atoms with E-state index >= 15 is 0 Å².